The molecule has 21 heteroatoms. The predicted octanol–water partition coefficient (Wildman–Crippen LogP) is 10.5. The third-order valence-electron chi connectivity index (χ3n) is 13.8. The lowest BCUT2D eigenvalue weighted by molar-refractivity contribution is 0.0606. The average molecular weight is 1120 g/mol. The Morgan fingerprint density at radius 2 is 1.04 bits per heavy atom. The maximum absolute atomic E-state index is 12.5. The molecule has 2 atom stereocenters. The van der Waals surface area contributed by atoms with Crippen LogP contribution in [0.2, 0.25) is 0 Å². The van der Waals surface area contributed by atoms with Crippen LogP contribution in [0.1, 0.15) is 89.8 Å². The number of aliphatic hydroxyl groups is 2. The number of pyridine rings is 4. The highest BCUT2D eigenvalue weighted by Gasteiger charge is 2.41. The zero-order valence-corrected chi connectivity index (χ0v) is 47.1. The fourth-order valence-corrected chi connectivity index (χ4v) is 12.1. The highest BCUT2D eigenvalue weighted by molar-refractivity contribution is 7.15. The fourth-order valence-electron chi connectivity index (χ4n) is 10.0. The first-order valence-corrected chi connectivity index (χ1v) is 27.8. The summed E-state index contributed by atoms with van der Waals surface area (Å²) in [4.78, 5) is 55.0. The van der Waals surface area contributed by atoms with Crippen molar-refractivity contribution in [1.82, 2.24) is 60.5 Å². The van der Waals surface area contributed by atoms with Crippen LogP contribution >= 0.6 is 22.7 Å². The van der Waals surface area contributed by atoms with E-state index in [1.807, 2.05) is 101 Å². The Balaban J connectivity index is 0.000000174. The predicted molar refractivity (Wildman–Crippen MR) is 315 cm³/mol. The lowest BCUT2D eigenvalue weighted by Gasteiger charge is -2.33. The van der Waals surface area contributed by atoms with Crippen molar-refractivity contribution in [2.75, 3.05) is 38.8 Å². The molecule has 0 saturated carbocycles. The Hall–Kier alpha value is -8.86. The number of nitrogens with one attached hydrogen (secondary N) is 5. The summed E-state index contributed by atoms with van der Waals surface area (Å²) in [7, 11) is 7.23. The van der Waals surface area contributed by atoms with Gasteiger partial charge < -0.3 is 36.2 Å². The molecule has 1 amide bonds. The summed E-state index contributed by atoms with van der Waals surface area (Å²) >= 11 is 2.84. The molecule has 81 heavy (non-hydrogen) atoms. The van der Waals surface area contributed by atoms with Crippen molar-refractivity contribution in [2.45, 2.75) is 63.6 Å². The monoisotopic (exact) mass is 1120 g/mol. The Kier molecular flexibility index (Phi) is 16.3. The lowest BCUT2D eigenvalue weighted by Crippen LogP contribution is -2.32. The van der Waals surface area contributed by atoms with Crippen molar-refractivity contribution < 1.29 is 24.9 Å². The Morgan fingerprint density at radius 1 is 0.580 bits per heavy atom. The number of aromatic carboxylic acids is 1. The minimum Gasteiger partial charge on any atom is -0.478 e. The van der Waals surface area contributed by atoms with Gasteiger partial charge in [0, 0.05) is 68.0 Å². The molecule has 2 aromatic carbocycles. The second-order valence-corrected chi connectivity index (χ2v) is 22.2. The summed E-state index contributed by atoms with van der Waals surface area (Å²) in [5.41, 5.74) is 9.22. The van der Waals surface area contributed by atoms with Crippen LogP contribution in [0.15, 0.2) is 135 Å². The van der Waals surface area contributed by atoms with Gasteiger partial charge in [0.1, 0.15) is 44.5 Å². The van der Waals surface area contributed by atoms with E-state index in [0.717, 1.165) is 102 Å². The van der Waals surface area contributed by atoms with Crippen molar-refractivity contribution in [1.29, 1.82) is 0 Å². The van der Waals surface area contributed by atoms with Gasteiger partial charge in [-0.3, -0.25) is 15.0 Å². The van der Waals surface area contributed by atoms with E-state index in [4.69, 9.17) is 9.97 Å². The third-order valence-corrected chi connectivity index (χ3v) is 16.2. The van der Waals surface area contributed by atoms with Crippen LogP contribution in [-0.2, 0) is 24.0 Å². The number of benzene rings is 2. The minimum atomic E-state index is -1.27. The summed E-state index contributed by atoms with van der Waals surface area (Å²) in [5, 5.41) is 57.3. The van der Waals surface area contributed by atoms with E-state index in [-0.39, 0.29) is 11.5 Å². The number of thiazole rings is 2. The number of anilines is 4. The van der Waals surface area contributed by atoms with Crippen LogP contribution in [0.4, 0.5) is 23.3 Å². The lowest BCUT2D eigenvalue weighted by atomic mass is 9.79. The standard InChI is InChI=1S/C30H29N7O2S.C28H24N6O3S.C2H7N/c1-18-11-24(35-27(12-18)36-26-14-19(8-10-31-26)22-15-33-34-16-22)25-17-32-29(40-25)30(39)9-4-5-20-13-21(6-7-23(20)30)28(38)37(2)3;1-16-9-22(33-25(10-16)34-24-12-17(6-8-29-24)20-13-31-32-14-20)23-15-30-27(38-23)28(37)7-2-3-18-11-19(26(35)36)4-5-21(18)28;1-3-2/h6-8,10-17,39H,4-5,9H2,1-3H3,(H,33,34)(H,31,35,36);4-6,8-15,37H,2-3,7H2,1H3,(H,31,32)(H,35,36)(H,29,33,34);3H,1-2H3. The Bertz CT molecular complexity index is 3860. The van der Waals surface area contributed by atoms with Crippen molar-refractivity contribution in [3.05, 3.63) is 189 Å². The van der Waals surface area contributed by atoms with Gasteiger partial charge in [0.2, 0.25) is 0 Å². The second-order valence-electron chi connectivity index (χ2n) is 20.1. The average Bonchev–Trinajstić information content (AvgIpc) is 4.41. The summed E-state index contributed by atoms with van der Waals surface area (Å²) in [6, 6.07) is 26.1. The molecular formula is C60H60N14O5S2. The SMILES string of the molecule is CNC.Cc1cc(Nc2cc(-c3cn[nH]c3)ccn2)nc(-c2cnc(C3(O)CCCc4cc(C(=O)N(C)C)ccc43)s2)c1.Cc1cc(Nc2cc(-c3cn[nH]c3)ccn2)nc(-c2cnc(C3(O)CCCc4cc(C(=O)O)ccc43)s2)c1. The van der Waals surface area contributed by atoms with Gasteiger partial charge in [-0.15, -0.1) is 22.7 Å². The molecule has 12 rings (SSSR count). The summed E-state index contributed by atoms with van der Waals surface area (Å²) in [6.45, 7) is 4.02. The van der Waals surface area contributed by atoms with E-state index in [2.05, 4.69) is 56.3 Å². The number of H-pyrrole nitrogens is 2. The zero-order chi connectivity index (χ0) is 56.8. The van der Waals surface area contributed by atoms with Gasteiger partial charge >= 0.3 is 5.97 Å². The first kappa shape index (κ1) is 55.5. The molecule has 412 valence electrons. The highest BCUT2D eigenvalue weighted by Crippen LogP contribution is 2.46. The molecule has 8 heterocycles. The molecule has 2 aliphatic rings. The van der Waals surface area contributed by atoms with E-state index < -0.39 is 17.2 Å². The number of hydrogen-bond donors (Lipinski definition) is 8. The summed E-state index contributed by atoms with van der Waals surface area (Å²) in [5.74, 6) is 1.62. The maximum Gasteiger partial charge on any atom is 0.335 e. The van der Waals surface area contributed by atoms with Crippen LogP contribution in [0, 0.1) is 13.8 Å². The number of amides is 1. The minimum absolute atomic E-state index is 0.0493. The number of aromatic nitrogens is 10. The highest BCUT2D eigenvalue weighted by atomic mass is 32.1. The van der Waals surface area contributed by atoms with E-state index in [1.54, 1.807) is 80.4 Å². The third kappa shape index (κ3) is 12.2. The summed E-state index contributed by atoms with van der Waals surface area (Å²) in [6.07, 6.45) is 18.4. The number of aromatic amines is 2. The van der Waals surface area contributed by atoms with Gasteiger partial charge in [0.05, 0.1) is 39.1 Å². The number of carbonyl (C=O) groups excluding carboxylic acids is 1. The molecule has 8 N–H and O–H groups in total. The van der Waals surface area contributed by atoms with Crippen molar-refractivity contribution >= 4 is 57.8 Å². The van der Waals surface area contributed by atoms with Gasteiger partial charge in [-0.1, -0.05) is 12.1 Å². The first-order valence-electron chi connectivity index (χ1n) is 26.2. The van der Waals surface area contributed by atoms with Gasteiger partial charge in [0.25, 0.3) is 5.91 Å². The molecule has 0 radical (unpaired) electrons. The van der Waals surface area contributed by atoms with Crippen molar-refractivity contribution in [2.24, 2.45) is 0 Å². The number of carbonyl (C=O) groups is 2. The molecule has 10 aromatic rings. The van der Waals surface area contributed by atoms with Gasteiger partial charge in [-0.05, 0) is 184 Å². The van der Waals surface area contributed by atoms with Crippen LogP contribution in [0.3, 0.4) is 0 Å². The number of aryl methyl sites for hydroxylation is 4. The number of nitrogens with zero attached hydrogens (tertiary/aromatic N) is 9. The molecule has 0 spiro atoms. The molecule has 2 unspecified atom stereocenters. The van der Waals surface area contributed by atoms with E-state index in [9.17, 15) is 24.9 Å². The topological polar surface area (TPSA) is 269 Å². The van der Waals surface area contributed by atoms with Crippen LogP contribution in [0.5, 0.6) is 0 Å². The van der Waals surface area contributed by atoms with E-state index >= 15 is 0 Å². The Labute approximate surface area is 475 Å². The number of fused-ring (bicyclic) bond motifs is 2. The largest absolute Gasteiger partial charge is 0.478 e. The van der Waals surface area contributed by atoms with Gasteiger partial charge in [-0.25, -0.2) is 34.7 Å². The smallest absolute Gasteiger partial charge is 0.335 e. The molecule has 0 fully saturated rings. The molecule has 0 saturated heterocycles. The molecule has 19 nitrogen and oxygen atoms in total. The van der Waals surface area contributed by atoms with Gasteiger partial charge in [0.15, 0.2) is 0 Å². The number of rotatable bonds is 12. The number of carboxylic acid groups (broad SMARTS) is 1. The zero-order valence-electron chi connectivity index (χ0n) is 45.4. The Morgan fingerprint density at radius 3 is 1.47 bits per heavy atom. The molecule has 0 bridgehead atoms. The van der Waals surface area contributed by atoms with Crippen molar-refractivity contribution in [3.63, 3.8) is 0 Å². The van der Waals surface area contributed by atoms with Crippen molar-refractivity contribution in [3.8, 4) is 43.4 Å². The summed E-state index contributed by atoms with van der Waals surface area (Å²) < 4.78 is 0. The number of carboxylic acids is 1. The fraction of sp³-hybridized carbons (Fsp3) is 0.233. The maximum atomic E-state index is 12.5. The van der Waals surface area contributed by atoms with Crippen LogP contribution in [0.25, 0.3) is 43.4 Å². The normalized spacial score (nSPS) is 16.1. The quantitative estimate of drug-likeness (QED) is 0.0565. The first-order chi connectivity index (χ1) is 39.1. The van der Waals surface area contributed by atoms with E-state index in [1.165, 1.54) is 22.7 Å². The van der Waals surface area contributed by atoms with E-state index in [0.29, 0.717) is 51.7 Å². The molecule has 2 aliphatic carbocycles. The molecule has 8 aromatic heterocycles. The second kappa shape index (κ2) is 23.8. The molecular weight excluding hydrogens is 1060 g/mol. The molecule has 0 aliphatic heterocycles. The number of hydrogen-bond acceptors (Lipinski definition) is 17. The van der Waals surface area contributed by atoms with Crippen LogP contribution < -0.4 is 16.0 Å². The van der Waals surface area contributed by atoms with Gasteiger partial charge in [-0.2, -0.15) is 10.2 Å². The van der Waals surface area contributed by atoms with Crippen LogP contribution in [-0.4, -0.2) is 111 Å².